The van der Waals surface area contributed by atoms with Crippen LogP contribution in [0.15, 0.2) is 54.1 Å². The number of nitrogens with one attached hydrogen (secondary N) is 1. The number of carboxylic acid groups (broad SMARTS) is 1. The average molecular weight is 383 g/mol. The number of rotatable bonds is 6. The van der Waals surface area contributed by atoms with Gasteiger partial charge in [-0.05, 0) is 36.8 Å². The van der Waals surface area contributed by atoms with Gasteiger partial charge >= 0.3 is 5.97 Å². The van der Waals surface area contributed by atoms with Crippen LogP contribution >= 0.6 is 11.8 Å². The molecule has 1 unspecified atom stereocenters. The van der Waals surface area contributed by atoms with Crippen molar-refractivity contribution in [1.29, 1.82) is 0 Å². The first-order valence-corrected chi connectivity index (χ1v) is 8.93. The molecule has 3 aromatic rings. The van der Waals surface area contributed by atoms with E-state index in [1.807, 2.05) is 36.7 Å². The van der Waals surface area contributed by atoms with Gasteiger partial charge in [0.1, 0.15) is 12.0 Å². The minimum Gasteiger partial charge on any atom is -0.478 e. The Morgan fingerprint density at radius 1 is 1.26 bits per heavy atom. The SMILES string of the molecule is CC(Sc1nncn1C)c1cccc(NC(=O)c2cc(C(=O)O)ccn2)c1. The topological polar surface area (TPSA) is 110 Å². The van der Waals surface area contributed by atoms with E-state index in [1.165, 1.54) is 18.3 Å². The molecule has 138 valence electrons. The zero-order valence-corrected chi connectivity index (χ0v) is 15.5. The van der Waals surface area contributed by atoms with E-state index in [-0.39, 0.29) is 16.5 Å². The lowest BCUT2D eigenvalue weighted by atomic mass is 10.1. The Hall–Kier alpha value is -3.20. The molecule has 1 amide bonds. The summed E-state index contributed by atoms with van der Waals surface area (Å²) in [6.45, 7) is 2.04. The summed E-state index contributed by atoms with van der Waals surface area (Å²) in [5.41, 5.74) is 1.66. The first-order chi connectivity index (χ1) is 12.9. The van der Waals surface area contributed by atoms with Crippen LogP contribution < -0.4 is 5.32 Å². The van der Waals surface area contributed by atoms with E-state index in [4.69, 9.17) is 5.11 Å². The molecule has 0 aliphatic rings. The number of carbonyl (C=O) groups excluding carboxylic acids is 1. The fourth-order valence-electron chi connectivity index (χ4n) is 2.36. The lowest BCUT2D eigenvalue weighted by molar-refractivity contribution is 0.0696. The number of hydrogen-bond donors (Lipinski definition) is 2. The fraction of sp³-hybridized carbons (Fsp3) is 0.167. The molecule has 3 rings (SSSR count). The molecule has 0 spiro atoms. The second-order valence-electron chi connectivity index (χ2n) is 5.80. The average Bonchev–Trinajstić information content (AvgIpc) is 3.06. The van der Waals surface area contributed by atoms with Crippen molar-refractivity contribution in [2.75, 3.05) is 5.32 Å². The maximum atomic E-state index is 12.4. The van der Waals surface area contributed by atoms with Gasteiger partial charge in [-0.1, -0.05) is 23.9 Å². The number of carbonyl (C=O) groups is 2. The van der Waals surface area contributed by atoms with Crippen LogP contribution in [0.25, 0.3) is 0 Å². The van der Waals surface area contributed by atoms with Gasteiger partial charge in [0, 0.05) is 24.2 Å². The number of aromatic nitrogens is 4. The second kappa shape index (κ2) is 8.00. The number of anilines is 1. The second-order valence-corrected chi connectivity index (χ2v) is 7.11. The summed E-state index contributed by atoms with van der Waals surface area (Å²) < 4.78 is 1.84. The van der Waals surface area contributed by atoms with E-state index in [2.05, 4.69) is 20.5 Å². The first kappa shape index (κ1) is 18.6. The molecule has 0 radical (unpaired) electrons. The van der Waals surface area contributed by atoms with Crippen molar-refractivity contribution in [3.8, 4) is 0 Å². The van der Waals surface area contributed by atoms with E-state index in [9.17, 15) is 9.59 Å². The molecule has 1 atom stereocenters. The molecule has 2 N–H and O–H groups in total. The molecule has 0 fully saturated rings. The van der Waals surface area contributed by atoms with Crippen LogP contribution in [-0.4, -0.2) is 36.7 Å². The normalized spacial score (nSPS) is 11.8. The Morgan fingerprint density at radius 2 is 2.07 bits per heavy atom. The Kier molecular flexibility index (Phi) is 5.51. The first-order valence-electron chi connectivity index (χ1n) is 8.05. The van der Waals surface area contributed by atoms with Crippen LogP contribution in [0.4, 0.5) is 5.69 Å². The van der Waals surface area contributed by atoms with Gasteiger partial charge in [-0.2, -0.15) is 0 Å². The highest BCUT2D eigenvalue weighted by Crippen LogP contribution is 2.34. The van der Waals surface area contributed by atoms with Gasteiger partial charge in [0.2, 0.25) is 0 Å². The zero-order chi connectivity index (χ0) is 19.4. The van der Waals surface area contributed by atoms with Crippen LogP contribution in [0.2, 0.25) is 0 Å². The molecule has 0 aliphatic heterocycles. The molecule has 1 aromatic carbocycles. The van der Waals surface area contributed by atoms with Gasteiger partial charge < -0.3 is 15.0 Å². The minimum atomic E-state index is -1.11. The molecular weight excluding hydrogens is 366 g/mol. The van der Waals surface area contributed by atoms with Crippen LogP contribution in [0.1, 0.15) is 38.6 Å². The van der Waals surface area contributed by atoms with Crippen molar-refractivity contribution < 1.29 is 14.7 Å². The third-order valence-corrected chi connectivity index (χ3v) is 5.01. The maximum absolute atomic E-state index is 12.4. The van der Waals surface area contributed by atoms with Gasteiger partial charge in [0.15, 0.2) is 5.16 Å². The summed E-state index contributed by atoms with van der Waals surface area (Å²) in [6.07, 6.45) is 2.94. The molecule has 2 aromatic heterocycles. The fourth-order valence-corrected chi connectivity index (χ4v) is 3.26. The summed E-state index contributed by atoms with van der Waals surface area (Å²) >= 11 is 1.56. The standard InChI is InChI=1S/C18H17N5O3S/c1-11(27-18-22-20-10-23(18)2)12-4-3-5-14(8-12)21-16(24)15-9-13(17(25)26)6-7-19-15/h3-11H,1-2H3,(H,21,24)(H,25,26). The predicted octanol–water partition coefficient (Wildman–Crippen LogP) is 3.01. The van der Waals surface area contributed by atoms with E-state index < -0.39 is 11.9 Å². The van der Waals surface area contributed by atoms with Gasteiger partial charge in [-0.15, -0.1) is 10.2 Å². The number of aryl methyl sites for hydroxylation is 1. The highest BCUT2D eigenvalue weighted by molar-refractivity contribution is 7.99. The summed E-state index contributed by atoms with van der Waals surface area (Å²) in [6, 6.07) is 10.0. The smallest absolute Gasteiger partial charge is 0.335 e. The van der Waals surface area contributed by atoms with Gasteiger partial charge in [-0.3, -0.25) is 9.78 Å². The number of pyridine rings is 1. The van der Waals surface area contributed by atoms with Crippen LogP contribution in [0.5, 0.6) is 0 Å². The third kappa shape index (κ3) is 4.50. The lowest BCUT2D eigenvalue weighted by Crippen LogP contribution is -2.14. The van der Waals surface area contributed by atoms with Gasteiger partial charge in [-0.25, -0.2) is 4.79 Å². The summed E-state index contributed by atoms with van der Waals surface area (Å²) in [5.74, 6) is -1.58. The highest BCUT2D eigenvalue weighted by atomic mass is 32.2. The number of amides is 1. The summed E-state index contributed by atoms with van der Waals surface area (Å²) in [7, 11) is 1.88. The van der Waals surface area contributed by atoms with Gasteiger partial charge in [0.05, 0.1) is 5.56 Å². The van der Waals surface area contributed by atoms with Crippen LogP contribution in [0, 0.1) is 0 Å². The van der Waals surface area contributed by atoms with Crippen molar-refractivity contribution in [2.24, 2.45) is 7.05 Å². The largest absolute Gasteiger partial charge is 0.478 e. The molecule has 0 bridgehead atoms. The van der Waals surface area contributed by atoms with Crippen molar-refractivity contribution in [2.45, 2.75) is 17.3 Å². The molecule has 9 heteroatoms. The monoisotopic (exact) mass is 383 g/mol. The number of benzene rings is 1. The minimum absolute atomic E-state index is 0.0117. The van der Waals surface area contributed by atoms with E-state index in [1.54, 1.807) is 24.2 Å². The molecule has 2 heterocycles. The number of nitrogens with zero attached hydrogens (tertiary/aromatic N) is 4. The zero-order valence-electron chi connectivity index (χ0n) is 14.7. The number of hydrogen-bond acceptors (Lipinski definition) is 6. The number of thioether (sulfide) groups is 1. The van der Waals surface area contributed by atoms with Crippen LogP contribution in [-0.2, 0) is 7.05 Å². The van der Waals surface area contributed by atoms with E-state index >= 15 is 0 Å². The Balaban J connectivity index is 1.73. The van der Waals surface area contributed by atoms with Crippen molar-refractivity contribution in [3.63, 3.8) is 0 Å². The quantitative estimate of drug-likeness (QED) is 0.630. The van der Waals surface area contributed by atoms with Crippen molar-refractivity contribution in [1.82, 2.24) is 19.7 Å². The summed E-state index contributed by atoms with van der Waals surface area (Å²) in [5, 5.41) is 20.6. The molecule has 0 saturated carbocycles. The molecule has 0 aliphatic carbocycles. The Morgan fingerprint density at radius 3 is 2.78 bits per heavy atom. The summed E-state index contributed by atoms with van der Waals surface area (Å²) in [4.78, 5) is 27.4. The number of aromatic carboxylic acids is 1. The Labute approximate surface area is 159 Å². The van der Waals surface area contributed by atoms with Crippen molar-refractivity contribution in [3.05, 3.63) is 65.7 Å². The Bertz CT molecular complexity index is 988. The van der Waals surface area contributed by atoms with E-state index in [0.29, 0.717) is 5.69 Å². The third-order valence-electron chi connectivity index (χ3n) is 3.81. The van der Waals surface area contributed by atoms with Crippen LogP contribution in [0.3, 0.4) is 0 Å². The van der Waals surface area contributed by atoms with E-state index in [0.717, 1.165) is 10.7 Å². The molecule has 27 heavy (non-hydrogen) atoms. The highest BCUT2D eigenvalue weighted by Gasteiger charge is 2.14. The lowest BCUT2D eigenvalue weighted by Gasteiger charge is -2.13. The molecule has 0 saturated heterocycles. The maximum Gasteiger partial charge on any atom is 0.335 e. The molecule has 8 nitrogen and oxygen atoms in total. The predicted molar refractivity (Wildman–Crippen MR) is 101 cm³/mol. The van der Waals surface area contributed by atoms with Crippen molar-refractivity contribution >= 4 is 29.3 Å². The number of carboxylic acids is 1. The molecular formula is C18H17N5O3S. The van der Waals surface area contributed by atoms with Gasteiger partial charge in [0.25, 0.3) is 5.91 Å².